The van der Waals surface area contributed by atoms with Crippen LogP contribution in [-0.4, -0.2) is 41.9 Å². The summed E-state index contributed by atoms with van der Waals surface area (Å²) in [7, 11) is 0. The Balaban J connectivity index is 1.71. The molecule has 128 valence electrons. The summed E-state index contributed by atoms with van der Waals surface area (Å²) < 4.78 is 10.5. The molecule has 0 bridgehead atoms. The van der Waals surface area contributed by atoms with Gasteiger partial charge in [-0.3, -0.25) is 9.69 Å². The highest BCUT2D eigenvalue weighted by molar-refractivity contribution is 5.90. The number of rotatable bonds is 4. The van der Waals surface area contributed by atoms with Gasteiger partial charge >= 0.3 is 12.1 Å². The number of amides is 1. The fourth-order valence-electron chi connectivity index (χ4n) is 3.63. The topological polar surface area (TPSA) is 72.9 Å². The molecule has 6 nitrogen and oxygen atoms in total. The number of ketones is 1. The van der Waals surface area contributed by atoms with Crippen LogP contribution in [0.25, 0.3) is 0 Å². The molecule has 1 aliphatic carbocycles. The van der Waals surface area contributed by atoms with Gasteiger partial charge in [0.05, 0.1) is 6.61 Å². The number of likely N-dealkylation sites (tertiary alicyclic amines) is 1. The largest absolute Gasteiger partial charge is 0.464 e. The molecule has 1 amide bonds. The fourth-order valence-corrected chi connectivity index (χ4v) is 3.63. The zero-order chi connectivity index (χ0) is 17.1. The highest BCUT2D eigenvalue weighted by Crippen LogP contribution is 2.41. The van der Waals surface area contributed by atoms with Crippen molar-refractivity contribution in [2.75, 3.05) is 13.2 Å². The molecule has 1 aromatic carbocycles. The van der Waals surface area contributed by atoms with Crippen molar-refractivity contribution in [2.24, 2.45) is 11.8 Å². The molecule has 2 aliphatic rings. The van der Waals surface area contributed by atoms with Gasteiger partial charge in [0.2, 0.25) is 0 Å². The molecule has 1 saturated heterocycles. The minimum atomic E-state index is -0.718. The number of nitrogens with zero attached hydrogens (tertiary/aromatic N) is 1. The molecule has 2 fully saturated rings. The second kappa shape index (κ2) is 7.03. The van der Waals surface area contributed by atoms with Crippen molar-refractivity contribution in [1.29, 1.82) is 0 Å². The molecule has 24 heavy (non-hydrogen) atoms. The summed E-state index contributed by atoms with van der Waals surface area (Å²) in [6.45, 7) is 2.34. The van der Waals surface area contributed by atoms with Gasteiger partial charge in [-0.15, -0.1) is 0 Å². The Morgan fingerprint density at radius 3 is 2.67 bits per heavy atom. The highest BCUT2D eigenvalue weighted by atomic mass is 16.6. The van der Waals surface area contributed by atoms with Gasteiger partial charge in [-0.25, -0.2) is 9.59 Å². The lowest BCUT2D eigenvalue weighted by Crippen LogP contribution is -2.44. The summed E-state index contributed by atoms with van der Waals surface area (Å²) in [6.07, 6.45) is 0.521. The van der Waals surface area contributed by atoms with Crippen LogP contribution in [0.15, 0.2) is 30.3 Å². The first-order valence-electron chi connectivity index (χ1n) is 8.28. The van der Waals surface area contributed by atoms with Crippen LogP contribution in [0.5, 0.6) is 0 Å². The van der Waals surface area contributed by atoms with Crippen LogP contribution >= 0.6 is 0 Å². The van der Waals surface area contributed by atoms with E-state index in [1.165, 1.54) is 4.90 Å². The van der Waals surface area contributed by atoms with Crippen molar-refractivity contribution in [3.63, 3.8) is 0 Å². The standard InChI is InChI=1S/C18H21NO5/c1-2-23-17(21)16-13-8-9-15(20)14(13)10-19(16)18(22)24-11-12-6-4-3-5-7-12/h3-7,13-14,16H,2,8-11H2,1H3/t13-,14?,16?/m0/s1. The maximum atomic E-state index is 12.5. The zero-order valence-corrected chi connectivity index (χ0v) is 13.6. The minimum Gasteiger partial charge on any atom is -0.464 e. The number of Topliss-reactive ketones (excluding diaryl/α,β-unsaturated/α-hetero) is 1. The predicted octanol–water partition coefficient (Wildman–Crippen LogP) is 2.17. The monoisotopic (exact) mass is 331 g/mol. The third-order valence-corrected chi connectivity index (χ3v) is 4.76. The molecule has 0 radical (unpaired) electrons. The molecule has 1 aromatic rings. The van der Waals surface area contributed by atoms with Gasteiger partial charge in [-0.1, -0.05) is 30.3 Å². The van der Waals surface area contributed by atoms with Gasteiger partial charge in [0, 0.05) is 24.8 Å². The van der Waals surface area contributed by atoms with Gasteiger partial charge in [-0.2, -0.15) is 0 Å². The van der Waals surface area contributed by atoms with Crippen LogP contribution in [0.3, 0.4) is 0 Å². The number of carbonyl (C=O) groups is 3. The number of esters is 1. The minimum absolute atomic E-state index is 0.118. The molecule has 6 heteroatoms. The molecular weight excluding hydrogens is 310 g/mol. The van der Waals surface area contributed by atoms with Crippen LogP contribution in [0.4, 0.5) is 4.79 Å². The van der Waals surface area contributed by atoms with Crippen LogP contribution in [0.1, 0.15) is 25.3 Å². The van der Waals surface area contributed by atoms with E-state index in [-0.39, 0.29) is 37.4 Å². The molecule has 0 spiro atoms. The van der Waals surface area contributed by atoms with E-state index in [4.69, 9.17) is 9.47 Å². The maximum absolute atomic E-state index is 12.5. The number of hydrogen-bond acceptors (Lipinski definition) is 5. The Morgan fingerprint density at radius 1 is 1.21 bits per heavy atom. The lowest BCUT2D eigenvalue weighted by molar-refractivity contribution is -0.149. The van der Waals surface area contributed by atoms with Gasteiger partial charge in [0.1, 0.15) is 18.4 Å². The number of hydrogen-bond donors (Lipinski definition) is 0. The fraction of sp³-hybridized carbons (Fsp3) is 0.500. The summed E-state index contributed by atoms with van der Waals surface area (Å²) in [4.78, 5) is 38.1. The quantitative estimate of drug-likeness (QED) is 0.791. The molecule has 0 aromatic heterocycles. The molecule has 0 N–H and O–H groups in total. The van der Waals surface area contributed by atoms with E-state index in [9.17, 15) is 14.4 Å². The molecule has 2 unspecified atom stereocenters. The van der Waals surface area contributed by atoms with Crippen molar-refractivity contribution < 1.29 is 23.9 Å². The highest BCUT2D eigenvalue weighted by Gasteiger charge is 2.54. The second-order valence-electron chi connectivity index (χ2n) is 6.16. The third-order valence-electron chi connectivity index (χ3n) is 4.76. The third kappa shape index (κ3) is 3.13. The summed E-state index contributed by atoms with van der Waals surface area (Å²) >= 11 is 0. The van der Waals surface area contributed by atoms with Crippen LogP contribution in [0.2, 0.25) is 0 Å². The van der Waals surface area contributed by atoms with Gasteiger partial charge in [-0.05, 0) is 18.9 Å². The Morgan fingerprint density at radius 2 is 1.96 bits per heavy atom. The first kappa shape index (κ1) is 16.5. The van der Waals surface area contributed by atoms with Gasteiger partial charge in [0.15, 0.2) is 0 Å². The van der Waals surface area contributed by atoms with E-state index in [0.29, 0.717) is 12.8 Å². The SMILES string of the molecule is CCOC(=O)C1[C@H]2CCC(=O)C2CN1C(=O)OCc1ccccc1. The van der Waals surface area contributed by atoms with Crippen LogP contribution in [0, 0.1) is 11.8 Å². The zero-order valence-electron chi connectivity index (χ0n) is 13.6. The van der Waals surface area contributed by atoms with Crippen LogP contribution < -0.4 is 0 Å². The van der Waals surface area contributed by atoms with E-state index in [1.54, 1.807) is 6.92 Å². The normalized spacial score (nSPS) is 25.5. The smallest absolute Gasteiger partial charge is 0.410 e. The van der Waals surface area contributed by atoms with Crippen molar-refractivity contribution in [2.45, 2.75) is 32.4 Å². The Labute approximate surface area is 140 Å². The first-order valence-corrected chi connectivity index (χ1v) is 8.28. The van der Waals surface area contributed by atoms with Crippen molar-refractivity contribution >= 4 is 17.8 Å². The lowest BCUT2D eigenvalue weighted by Gasteiger charge is -2.25. The molecule has 1 saturated carbocycles. The Bertz CT molecular complexity index is 630. The van der Waals surface area contributed by atoms with Crippen LogP contribution in [-0.2, 0) is 25.7 Å². The number of fused-ring (bicyclic) bond motifs is 1. The van der Waals surface area contributed by atoms with E-state index < -0.39 is 18.1 Å². The predicted molar refractivity (Wildman–Crippen MR) is 85.0 cm³/mol. The summed E-state index contributed by atoms with van der Waals surface area (Å²) in [5, 5.41) is 0. The molecule has 3 rings (SSSR count). The summed E-state index contributed by atoms with van der Waals surface area (Å²) in [5.41, 5.74) is 0.869. The first-order chi connectivity index (χ1) is 11.6. The van der Waals surface area contributed by atoms with Crippen molar-refractivity contribution in [1.82, 2.24) is 4.90 Å². The van der Waals surface area contributed by atoms with E-state index in [0.717, 1.165) is 5.56 Å². The average Bonchev–Trinajstić information content (AvgIpc) is 3.14. The number of ether oxygens (including phenoxy) is 2. The number of carbonyl (C=O) groups excluding carboxylic acids is 3. The summed E-state index contributed by atoms with van der Waals surface area (Å²) in [6, 6.07) is 8.61. The van der Waals surface area contributed by atoms with Crippen molar-refractivity contribution in [3.8, 4) is 0 Å². The van der Waals surface area contributed by atoms with Gasteiger partial charge in [0.25, 0.3) is 0 Å². The Kier molecular flexibility index (Phi) is 4.83. The van der Waals surface area contributed by atoms with Crippen molar-refractivity contribution in [3.05, 3.63) is 35.9 Å². The lowest BCUT2D eigenvalue weighted by atomic mass is 9.94. The Hall–Kier alpha value is -2.37. The maximum Gasteiger partial charge on any atom is 0.410 e. The van der Waals surface area contributed by atoms with E-state index in [1.807, 2.05) is 30.3 Å². The van der Waals surface area contributed by atoms with Gasteiger partial charge < -0.3 is 9.47 Å². The average molecular weight is 331 g/mol. The molecule has 1 heterocycles. The molecular formula is C18H21NO5. The molecule has 3 atom stereocenters. The van der Waals surface area contributed by atoms with E-state index >= 15 is 0 Å². The summed E-state index contributed by atoms with van der Waals surface area (Å²) in [5.74, 6) is -0.756. The molecule has 1 aliphatic heterocycles. The number of benzene rings is 1. The second-order valence-corrected chi connectivity index (χ2v) is 6.16. The van der Waals surface area contributed by atoms with E-state index in [2.05, 4.69) is 0 Å².